The lowest BCUT2D eigenvalue weighted by Gasteiger charge is -2.36. The number of primary amides is 1. The Kier molecular flexibility index (Phi) is 5.14. The molecule has 0 unspecified atom stereocenters. The fourth-order valence-electron chi connectivity index (χ4n) is 4.57. The zero-order valence-electron chi connectivity index (χ0n) is 18.0. The van der Waals surface area contributed by atoms with Crippen LogP contribution < -0.4 is 10.6 Å². The molecule has 164 valence electrons. The minimum atomic E-state index is -0.657. The number of aryl methyl sites for hydroxylation is 1. The van der Waals surface area contributed by atoms with Crippen LogP contribution in [0, 0.1) is 6.92 Å². The fourth-order valence-corrected chi connectivity index (χ4v) is 4.57. The summed E-state index contributed by atoms with van der Waals surface area (Å²) >= 11 is 0. The summed E-state index contributed by atoms with van der Waals surface area (Å²) in [6.07, 6.45) is 2.06. The molecular formula is C24H26N6O2. The van der Waals surface area contributed by atoms with Crippen molar-refractivity contribution < 1.29 is 9.90 Å². The predicted octanol–water partition coefficient (Wildman–Crippen LogP) is 2.36. The quantitative estimate of drug-likeness (QED) is 0.504. The van der Waals surface area contributed by atoms with Crippen molar-refractivity contribution in [3.05, 3.63) is 65.7 Å². The summed E-state index contributed by atoms with van der Waals surface area (Å²) in [7, 11) is 0. The third-order valence-electron chi connectivity index (χ3n) is 6.34. The number of anilines is 1. The van der Waals surface area contributed by atoms with Gasteiger partial charge in [-0.2, -0.15) is 0 Å². The molecule has 32 heavy (non-hydrogen) atoms. The van der Waals surface area contributed by atoms with E-state index in [0.717, 1.165) is 38.3 Å². The first-order valence-electron chi connectivity index (χ1n) is 10.8. The molecule has 3 N–H and O–H groups in total. The third-order valence-corrected chi connectivity index (χ3v) is 6.34. The standard InChI is InChI=1S/C24H26N6O2/c1-16-18(24(32)30-15-26-21(22(25)31)23(30)27-16)9-10-28-11-13-29(14-12-28)20-8-4-6-17-5-2-3-7-19(17)20/h2-8,15,32H,9-14H2,1H3,(H2,25,31). The van der Waals surface area contributed by atoms with E-state index >= 15 is 0 Å². The number of rotatable bonds is 5. The third kappa shape index (κ3) is 3.52. The Morgan fingerprint density at radius 2 is 1.84 bits per heavy atom. The van der Waals surface area contributed by atoms with Crippen LogP contribution >= 0.6 is 0 Å². The minimum absolute atomic E-state index is 0.0690. The molecule has 2 aromatic heterocycles. The van der Waals surface area contributed by atoms with Crippen molar-refractivity contribution in [2.24, 2.45) is 5.73 Å². The number of carbonyl (C=O) groups excluding carboxylic acids is 1. The summed E-state index contributed by atoms with van der Waals surface area (Å²) in [6.45, 7) is 6.48. The summed E-state index contributed by atoms with van der Waals surface area (Å²) in [5.74, 6) is -0.586. The number of hydrogen-bond donors (Lipinski definition) is 2. The van der Waals surface area contributed by atoms with Crippen molar-refractivity contribution in [2.45, 2.75) is 13.3 Å². The lowest BCUT2D eigenvalue weighted by molar-refractivity contribution is 0.0997. The topological polar surface area (TPSA) is 100.0 Å². The molecule has 8 nitrogen and oxygen atoms in total. The van der Waals surface area contributed by atoms with Gasteiger partial charge in [0.2, 0.25) is 5.88 Å². The van der Waals surface area contributed by atoms with E-state index < -0.39 is 5.91 Å². The van der Waals surface area contributed by atoms with Gasteiger partial charge in [-0.25, -0.2) is 9.97 Å². The van der Waals surface area contributed by atoms with Crippen molar-refractivity contribution in [1.82, 2.24) is 19.3 Å². The van der Waals surface area contributed by atoms with Crippen LogP contribution in [0.2, 0.25) is 0 Å². The highest BCUT2D eigenvalue weighted by Crippen LogP contribution is 2.28. The Bertz CT molecular complexity index is 1300. The molecule has 0 aliphatic carbocycles. The Hall–Kier alpha value is -3.65. The van der Waals surface area contributed by atoms with Gasteiger partial charge in [-0.15, -0.1) is 0 Å². The number of fused-ring (bicyclic) bond motifs is 2. The molecule has 2 aromatic carbocycles. The van der Waals surface area contributed by atoms with Gasteiger partial charge in [-0.1, -0.05) is 36.4 Å². The van der Waals surface area contributed by atoms with Crippen LogP contribution in [-0.4, -0.2) is 63.0 Å². The molecule has 0 spiro atoms. The van der Waals surface area contributed by atoms with Gasteiger partial charge in [0.1, 0.15) is 6.33 Å². The Morgan fingerprint density at radius 3 is 2.62 bits per heavy atom. The number of nitrogens with two attached hydrogens (primary N) is 1. The first-order chi connectivity index (χ1) is 15.5. The molecule has 1 fully saturated rings. The predicted molar refractivity (Wildman–Crippen MR) is 124 cm³/mol. The van der Waals surface area contributed by atoms with Crippen molar-refractivity contribution in [2.75, 3.05) is 37.6 Å². The molecule has 4 aromatic rings. The zero-order chi connectivity index (χ0) is 22.2. The molecule has 5 rings (SSSR count). The van der Waals surface area contributed by atoms with Gasteiger partial charge in [-0.05, 0) is 24.8 Å². The van der Waals surface area contributed by atoms with Gasteiger partial charge in [0.15, 0.2) is 11.3 Å². The van der Waals surface area contributed by atoms with Crippen LogP contribution in [0.25, 0.3) is 16.4 Å². The Labute approximate surface area is 185 Å². The fraction of sp³-hybridized carbons (Fsp3) is 0.292. The number of amides is 1. The average Bonchev–Trinajstić information content (AvgIpc) is 3.23. The molecule has 0 bridgehead atoms. The second-order valence-electron chi connectivity index (χ2n) is 8.23. The highest BCUT2D eigenvalue weighted by molar-refractivity contribution is 5.97. The van der Waals surface area contributed by atoms with E-state index in [-0.39, 0.29) is 11.6 Å². The van der Waals surface area contributed by atoms with Gasteiger partial charge < -0.3 is 15.7 Å². The number of carbonyl (C=O) groups is 1. The van der Waals surface area contributed by atoms with Crippen LogP contribution in [0.15, 0.2) is 48.8 Å². The molecule has 1 saturated heterocycles. The summed E-state index contributed by atoms with van der Waals surface area (Å²) in [6, 6.07) is 15.0. The average molecular weight is 431 g/mol. The monoisotopic (exact) mass is 430 g/mol. The van der Waals surface area contributed by atoms with E-state index in [9.17, 15) is 9.90 Å². The van der Waals surface area contributed by atoms with E-state index in [1.807, 2.05) is 6.92 Å². The summed E-state index contributed by atoms with van der Waals surface area (Å²) in [4.78, 5) is 24.9. The van der Waals surface area contributed by atoms with Crippen LogP contribution in [-0.2, 0) is 6.42 Å². The van der Waals surface area contributed by atoms with E-state index in [2.05, 4.69) is 62.2 Å². The number of imidazole rings is 1. The summed E-state index contributed by atoms with van der Waals surface area (Å²) in [5, 5.41) is 13.3. The Morgan fingerprint density at radius 1 is 1.09 bits per heavy atom. The van der Waals surface area contributed by atoms with Crippen molar-refractivity contribution in [1.29, 1.82) is 0 Å². The minimum Gasteiger partial charge on any atom is -0.494 e. The van der Waals surface area contributed by atoms with E-state index in [1.54, 1.807) is 0 Å². The van der Waals surface area contributed by atoms with E-state index in [4.69, 9.17) is 5.73 Å². The lowest BCUT2D eigenvalue weighted by Crippen LogP contribution is -2.47. The molecule has 3 heterocycles. The van der Waals surface area contributed by atoms with Crippen molar-refractivity contribution in [3.63, 3.8) is 0 Å². The lowest BCUT2D eigenvalue weighted by atomic mass is 10.1. The number of benzene rings is 2. The molecule has 8 heteroatoms. The zero-order valence-corrected chi connectivity index (χ0v) is 18.0. The van der Waals surface area contributed by atoms with Gasteiger partial charge >= 0.3 is 0 Å². The molecular weight excluding hydrogens is 404 g/mol. The largest absolute Gasteiger partial charge is 0.494 e. The highest BCUT2D eigenvalue weighted by Gasteiger charge is 2.21. The van der Waals surface area contributed by atoms with Crippen molar-refractivity contribution in [3.8, 4) is 5.88 Å². The summed E-state index contributed by atoms with van der Waals surface area (Å²) < 4.78 is 1.43. The molecule has 0 saturated carbocycles. The number of aromatic hydroxyl groups is 1. The maximum Gasteiger partial charge on any atom is 0.271 e. The van der Waals surface area contributed by atoms with E-state index in [0.29, 0.717) is 17.8 Å². The number of piperazine rings is 1. The number of aromatic nitrogens is 3. The SMILES string of the molecule is Cc1nc2c(C(N)=O)ncn2c(O)c1CCN1CCN(c2cccc3ccccc23)CC1. The normalized spacial score (nSPS) is 15.0. The van der Waals surface area contributed by atoms with E-state index in [1.165, 1.54) is 27.2 Å². The smallest absolute Gasteiger partial charge is 0.271 e. The summed E-state index contributed by atoms with van der Waals surface area (Å²) in [5.41, 5.74) is 8.46. The van der Waals surface area contributed by atoms with Crippen LogP contribution in [0.1, 0.15) is 21.7 Å². The van der Waals surface area contributed by atoms with Crippen LogP contribution in [0.5, 0.6) is 5.88 Å². The van der Waals surface area contributed by atoms with Crippen molar-refractivity contribution >= 4 is 28.0 Å². The molecule has 0 atom stereocenters. The second-order valence-corrected chi connectivity index (χ2v) is 8.23. The highest BCUT2D eigenvalue weighted by atomic mass is 16.3. The molecule has 1 aliphatic rings. The molecule has 1 amide bonds. The maximum atomic E-state index is 11.5. The van der Waals surface area contributed by atoms with Gasteiger partial charge in [0, 0.05) is 55.1 Å². The second kappa shape index (κ2) is 8.12. The molecule has 0 radical (unpaired) electrons. The van der Waals surface area contributed by atoms with Gasteiger partial charge in [0.25, 0.3) is 5.91 Å². The maximum absolute atomic E-state index is 11.5. The first-order valence-corrected chi connectivity index (χ1v) is 10.8. The first kappa shape index (κ1) is 20.3. The van der Waals surface area contributed by atoms with Crippen LogP contribution in [0.4, 0.5) is 5.69 Å². The number of hydrogen-bond acceptors (Lipinski definition) is 6. The Balaban J connectivity index is 1.27. The van der Waals surface area contributed by atoms with Gasteiger partial charge in [0.05, 0.1) is 0 Å². The number of nitrogens with zero attached hydrogens (tertiary/aromatic N) is 5. The van der Waals surface area contributed by atoms with Gasteiger partial charge in [-0.3, -0.25) is 14.1 Å². The van der Waals surface area contributed by atoms with Crippen LogP contribution in [0.3, 0.4) is 0 Å². The molecule has 1 aliphatic heterocycles.